The molecule has 2 fully saturated rings. The van der Waals surface area contributed by atoms with Crippen molar-refractivity contribution >= 4 is 11.9 Å². The fraction of sp³-hybridized carbons (Fsp3) is 0.875. The highest BCUT2D eigenvalue weighted by atomic mass is 16.5. The zero-order valence-electron chi connectivity index (χ0n) is 14.1. The lowest BCUT2D eigenvalue weighted by molar-refractivity contribution is -0.137. The Bertz CT molecular complexity index is 410. The van der Waals surface area contributed by atoms with Crippen LogP contribution in [0, 0.1) is 0 Å². The van der Waals surface area contributed by atoms with Crippen LogP contribution in [-0.4, -0.2) is 66.9 Å². The van der Waals surface area contributed by atoms with E-state index in [4.69, 9.17) is 4.74 Å². The van der Waals surface area contributed by atoms with Crippen LogP contribution in [0.4, 0.5) is 4.79 Å². The van der Waals surface area contributed by atoms with Gasteiger partial charge in [-0.1, -0.05) is 12.8 Å². The quantitative estimate of drug-likeness (QED) is 0.690. The summed E-state index contributed by atoms with van der Waals surface area (Å²) in [6, 6.07) is -0.142. The van der Waals surface area contributed by atoms with Gasteiger partial charge in [0.05, 0.1) is 25.2 Å². The van der Waals surface area contributed by atoms with Crippen molar-refractivity contribution < 1.29 is 19.4 Å². The molecule has 3 N–H and O–H groups in total. The van der Waals surface area contributed by atoms with Crippen LogP contribution in [0.2, 0.25) is 0 Å². The van der Waals surface area contributed by atoms with Gasteiger partial charge in [0, 0.05) is 20.1 Å². The SMILES string of the molecule is CN(C)C(=O)C[C@@H]1CC[C@@H](NC(=O)NC2CCCC2)[C@@H](CO)O1. The number of ether oxygens (including phenoxy) is 1. The summed E-state index contributed by atoms with van der Waals surface area (Å²) in [7, 11) is 3.43. The summed E-state index contributed by atoms with van der Waals surface area (Å²) in [5, 5.41) is 15.4. The molecule has 3 amide bonds. The largest absolute Gasteiger partial charge is 0.394 e. The maximum absolute atomic E-state index is 12.1. The fourth-order valence-corrected chi connectivity index (χ4v) is 3.29. The summed E-state index contributed by atoms with van der Waals surface area (Å²) in [4.78, 5) is 25.4. The lowest BCUT2D eigenvalue weighted by Gasteiger charge is -2.36. The first-order valence-electron chi connectivity index (χ1n) is 8.53. The van der Waals surface area contributed by atoms with Gasteiger partial charge in [-0.3, -0.25) is 4.79 Å². The predicted octanol–water partition coefficient (Wildman–Crippen LogP) is 0.615. The summed E-state index contributed by atoms with van der Waals surface area (Å²) in [5.74, 6) is 0.0112. The smallest absolute Gasteiger partial charge is 0.315 e. The van der Waals surface area contributed by atoms with Gasteiger partial charge in [-0.05, 0) is 25.7 Å². The van der Waals surface area contributed by atoms with Gasteiger partial charge in [0.2, 0.25) is 5.91 Å². The van der Waals surface area contributed by atoms with E-state index in [1.807, 2.05) is 0 Å². The molecule has 1 saturated carbocycles. The molecule has 0 aromatic heterocycles. The number of aliphatic hydroxyl groups excluding tert-OH is 1. The summed E-state index contributed by atoms with van der Waals surface area (Å²) in [6.07, 6.45) is 5.45. The van der Waals surface area contributed by atoms with Crippen LogP contribution in [0.15, 0.2) is 0 Å². The molecule has 0 aromatic carbocycles. The Balaban J connectivity index is 1.79. The molecule has 23 heavy (non-hydrogen) atoms. The minimum Gasteiger partial charge on any atom is -0.394 e. The lowest BCUT2D eigenvalue weighted by atomic mass is 9.97. The van der Waals surface area contributed by atoms with Gasteiger partial charge < -0.3 is 25.4 Å². The van der Waals surface area contributed by atoms with Crippen LogP contribution in [0.1, 0.15) is 44.9 Å². The predicted molar refractivity (Wildman–Crippen MR) is 86.0 cm³/mol. The van der Waals surface area contributed by atoms with Crippen LogP contribution in [0.5, 0.6) is 0 Å². The Labute approximate surface area is 137 Å². The van der Waals surface area contributed by atoms with Crippen LogP contribution in [-0.2, 0) is 9.53 Å². The van der Waals surface area contributed by atoms with Gasteiger partial charge >= 0.3 is 6.03 Å². The molecule has 132 valence electrons. The molecule has 2 aliphatic rings. The molecule has 1 heterocycles. The van der Waals surface area contributed by atoms with Crippen molar-refractivity contribution in [2.24, 2.45) is 0 Å². The number of rotatable bonds is 5. The van der Waals surface area contributed by atoms with Crippen LogP contribution < -0.4 is 10.6 Å². The van der Waals surface area contributed by atoms with Crippen molar-refractivity contribution in [3.05, 3.63) is 0 Å². The molecule has 0 radical (unpaired) electrons. The normalized spacial score (nSPS) is 28.4. The average Bonchev–Trinajstić information content (AvgIpc) is 3.01. The van der Waals surface area contributed by atoms with E-state index in [1.165, 1.54) is 17.7 Å². The topological polar surface area (TPSA) is 90.9 Å². The number of urea groups is 1. The molecule has 1 saturated heterocycles. The first-order valence-corrected chi connectivity index (χ1v) is 8.53. The number of amides is 3. The molecule has 3 atom stereocenters. The Hall–Kier alpha value is -1.34. The molecule has 0 bridgehead atoms. The van der Waals surface area contributed by atoms with Crippen molar-refractivity contribution in [2.75, 3.05) is 20.7 Å². The number of nitrogens with one attached hydrogen (secondary N) is 2. The second-order valence-corrected chi connectivity index (χ2v) is 6.75. The third-order valence-corrected chi connectivity index (χ3v) is 4.70. The van der Waals surface area contributed by atoms with E-state index in [-0.39, 0.29) is 36.7 Å². The Morgan fingerprint density at radius 3 is 2.43 bits per heavy atom. The minimum absolute atomic E-state index is 0.0112. The number of carbonyl (C=O) groups is 2. The van der Waals surface area contributed by atoms with E-state index in [1.54, 1.807) is 14.1 Å². The van der Waals surface area contributed by atoms with Gasteiger partial charge in [0.25, 0.3) is 0 Å². The minimum atomic E-state index is -0.460. The van der Waals surface area contributed by atoms with Gasteiger partial charge in [-0.25, -0.2) is 4.79 Å². The lowest BCUT2D eigenvalue weighted by Crippen LogP contribution is -2.54. The summed E-state index contributed by atoms with van der Waals surface area (Å²) in [6.45, 7) is -0.166. The number of carbonyl (C=O) groups excluding carboxylic acids is 2. The van der Waals surface area contributed by atoms with Gasteiger partial charge in [0.1, 0.15) is 6.10 Å². The number of aliphatic hydroxyl groups is 1. The van der Waals surface area contributed by atoms with Crippen LogP contribution in [0.25, 0.3) is 0 Å². The van der Waals surface area contributed by atoms with Crippen molar-refractivity contribution in [1.29, 1.82) is 0 Å². The first kappa shape index (κ1) is 18.0. The maximum Gasteiger partial charge on any atom is 0.315 e. The standard InChI is InChI=1S/C16H29N3O4/c1-19(2)15(21)9-12-7-8-13(14(10-20)23-12)18-16(22)17-11-5-3-4-6-11/h11-14,20H,3-10H2,1-2H3,(H2,17,18,22)/t12-,13+,14+/m0/s1. The van der Waals surface area contributed by atoms with Crippen molar-refractivity contribution in [1.82, 2.24) is 15.5 Å². The maximum atomic E-state index is 12.1. The van der Waals surface area contributed by atoms with E-state index < -0.39 is 6.10 Å². The third kappa shape index (κ3) is 5.35. The van der Waals surface area contributed by atoms with Crippen LogP contribution in [0.3, 0.4) is 0 Å². The van der Waals surface area contributed by atoms with E-state index in [2.05, 4.69) is 10.6 Å². The highest BCUT2D eigenvalue weighted by Gasteiger charge is 2.33. The fourth-order valence-electron chi connectivity index (χ4n) is 3.29. The molecule has 0 spiro atoms. The second kappa shape index (κ2) is 8.49. The highest BCUT2D eigenvalue weighted by Crippen LogP contribution is 2.23. The first-order chi connectivity index (χ1) is 11.0. The Morgan fingerprint density at radius 2 is 1.83 bits per heavy atom. The summed E-state index contributed by atoms with van der Waals surface area (Å²) in [5.41, 5.74) is 0. The van der Waals surface area contributed by atoms with E-state index in [0.717, 1.165) is 12.8 Å². The zero-order valence-corrected chi connectivity index (χ0v) is 14.1. The molecule has 7 nitrogen and oxygen atoms in total. The third-order valence-electron chi connectivity index (χ3n) is 4.70. The van der Waals surface area contributed by atoms with Gasteiger partial charge in [-0.15, -0.1) is 0 Å². The number of nitrogens with zero attached hydrogens (tertiary/aromatic N) is 1. The number of hydrogen-bond donors (Lipinski definition) is 3. The Kier molecular flexibility index (Phi) is 6.65. The monoisotopic (exact) mass is 327 g/mol. The van der Waals surface area contributed by atoms with Crippen molar-refractivity contribution in [2.45, 2.75) is 69.2 Å². The zero-order chi connectivity index (χ0) is 16.8. The van der Waals surface area contributed by atoms with Gasteiger partial charge in [-0.2, -0.15) is 0 Å². The van der Waals surface area contributed by atoms with E-state index in [0.29, 0.717) is 19.3 Å². The number of hydrogen-bond acceptors (Lipinski definition) is 4. The van der Waals surface area contributed by atoms with E-state index in [9.17, 15) is 14.7 Å². The second-order valence-electron chi connectivity index (χ2n) is 6.75. The Morgan fingerprint density at radius 1 is 1.13 bits per heavy atom. The highest BCUT2D eigenvalue weighted by molar-refractivity contribution is 5.76. The van der Waals surface area contributed by atoms with E-state index >= 15 is 0 Å². The molecule has 1 aliphatic heterocycles. The summed E-state index contributed by atoms with van der Waals surface area (Å²) >= 11 is 0. The van der Waals surface area contributed by atoms with Crippen molar-refractivity contribution in [3.63, 3.8) is 0 Å². The molecule has 7 heteroatoms. The molecule has 2 rings (SSSR count). The molecule has 0 unspecified atom stereocenters. The molecular weight excluding hydrogens is 298 g/mol. The van der Waals surface area contributed by atoms with Crippen LogP contribution >= 0.6 is 0 Å². The summed E-state index contributed by atoms with van der Waals surface area (Å²) < 4.78 is 5.80. The molecule has 1 aliphatic carbocycles. The molecular formula is C16H29N3O4. The average molecular weight is 327 g/mol. The van der Waals surface area contributed by atoms with Gasteiger partial charge in [0.15, 0.2) is 0 Å². The van der Waals surface area contributed by atoms with Crippen molar-refractivity contribution in [3.8, 4) is 0 Å². The molecule has 0 aromatic rings.